The largest absolute Gasteiger partial charge is 0.416 e. The number of carbonyl (C=O) groups excluding carboxylic acids is 1. The number of rotatable bonds is 4. The number of halogens is 3. The Balaban J connectivity index is 2.19. The third-order valence-corrected chi connectivity index (χ3v) is 3.30. The lowest BCUT2D eigenvalue weighted by molar-refractivity contribution is -0.137. The molecule has 0 saturated carbocycles. The quantitative estimate of drug-likeness (QED) is 0.904. The second kappa shape index (κ2) is 6.64. The van der Waals surface area contributed by atoms with E-state index in [0.717, 1.165) is 23.3 Å². The molecule has 116 valence electrons. The Morgan fingerprint density at radius 3 is 2.14 bits per heavy atom. The lowest BCUT2D eigenvalue weighted by atomic mass is 9.98. The highest BCUT2D eigenvalue weighted by Gasteiger charge is 2.30. The SMILES string of the molecule is CC(=O)NC(Cc1ccc(C(F)(F)F)cc1)c1ccccc1. The molecule has 0 fully saturated rings. The van der Waals surface area contributed by atoms with Crippen molar-refractivity contribution in [2.45, 2.75) is 25.6 Å². The van der Waals surface area contributed by atoms with Crippen molar-refractivity contribution in [3.8, 4) is 0 Å². The minimum Gasteiger partial charge on any atom is -0.349 e. The van der Waals surface area contributed by atoms with Gasteiger partial charge in [-0.1, -0.05) is 42.5 Å². The molecule has 22 heavy (non-hydrogen) atoms. The summed E-state index contributed by atoms with van der Waals surface area (Å²) in [6, 6.07) is 14.1. The smallest absolute Gasteiger partial charge is 0.349 e. The monoisotopic (exact) mass is 307 g/mol. The summed E-state index contributed by atoms with van der Waals surface area (Å²) in [7, 11) is 0. The van der Waals surface area contributed by atoms with Crippen LogP contribution in [-0.4, -0.2) is 5.91 Å². The summed E-state index contributed by atoms with van der Waals surface area (Å²) < 4.78 is 37.7. The second-order valence-electron chi connectivity index (χ2n) is 5.06. The van der Waals surface area contributed by atoms with Gasteiger partial charge >= 0.3 is 6.18 Å². The van der Waals surface area contributed by atoms with Gasteiger partial charge in [0.15, 0.2) is 0 Å². The molecule has 1 amide bonds. The zero-order chi connectivity index (χ0) is 16.2. The van der Waals surface area contributed by atoms with Crippen LogP contribution < -0.4 is 5.32 Å². The van der Waals surface area contributed by atoms with Gasteiger partial charge in [0, 0.05) is 6.92 Å². The zero-order valence-corrected chi connectivity index (χ0v) is 12.0. The maximum atomic E-state index is 12.6. The first-order chi connectivity index (χ1) is 10.4. The van der Waals surface area contributed by atoms with Gasteiger partial charge in [-0.3, -0.25) is 4.79 Å². The van der Waals surface area contributed by atoms with Crippen LogP contribution in [0, 0.1) is 0 Å². The van der Waals surface area contributed by atoms with E-state index < -0.39 is 11.7 Å². The predicted molar refractivity (Wildman–Crippen MR) is 78.1 cm³/mol. The molecule has 5 heteroatoms. The van der Waals surface area contributed by atoms with Gasteiger partial charge in [-0.2, -0.15) is 13.2 Å². The van der Waals surface area contributed by atoms with Crippen LogP contribution in [0.1, 0.15) is 29.7 Å². The molecule has 0 aliphatic carbocycles. The highest BCUT2D eigenvalue weighted by atomic mass is 19.4. The van der Waals surface area contributed by atoms with Crippen LogP contribution in [0.25, 0.3) is 0 Å². The standard InChI is InChI=1S/C17H16F3NO/c1-12(22)21-16(14-5-3-2-4-6-14)11-13-7-9-15(10-8-13)17(18,19)20/h2-10,16H,11H2,1H3,(H,21,22). The molecule has 0 heterocycles. The lowest BCUT2D eigenvalue weighted by Gasteiger charge is -2.19. The van der Waals surface area contributed by atoms with Gasteiger partial charge in [-0.15, -0.1) is 0 Å². The molecular weight excluding hydrogens is 291 g/mol. The summed E-state index contributed by atoms with van der Waals surface area (Å²) in [5, 5.41) is 2.83. The van der Waals surface area contributed by atoms with Gasteiger partial charge in [0.05, 0.1) is 11.6 Å². The summed E-state index contributed by atoms with van der Waals surface area (Å²) in [5.41, 5.74) is 0.972. The number of benzene rings is 2. The van der Waals surface area contributed by atoms with Gasteiger partial charge in [0.1, 0.15) is 0 Å². The lowest BCUT2D eigenvalue weighted by Crippen LogP contribution is -2.27. The van der Waals surface area contributed by atoms with Gasteiger partial charge in [-0.05, 0) is 29.7 Å². The normalized spacial score (nSPS) is 12.7. The van der Waals surface area contributed by atoms with Crippen molar-refractivity contribution >= 4 is 5.91 Å². The summed E-state index contributed by atoms with van der Waals surface area (Å²) in [4.78, 5) is 11.3. The Morgan fingerprint density at radius 1 is 1.05 bits per heavy atom. The first kappa shape index (κ1) is 16.1. The van der Waals surface area contributed by atoms with Crippen LogP contribution in [0.3, 0.4) is 0 Å². The van der Waals surface area contributed by atoms with Gasteiger partial charge in [0.25, 0.3) is 0 Å². The van der Waals surface area contributed by atoms with Crippen molar-refractivity contribution in [3.63, 3.8) is 0 Å². The van der Waals surface area contributed by atoms with Gasteiger partial charge in [-0.25, -0.2) is 0 Å². The van der Waals surface area contributed by atoms with Crippen molar-refractivity contribution in [2.75, 3.05) is 0 Å². The predicted octanol–water partition coefficient (Wildman–Crippen LogP) is 4.13. The van der Waals surface area contributed by atoms with Crippen molar-refractivity contribution in [1.29, 1.82) is 0 Å². The van der Waals surface area contributed by atoms with Crippen LogP contribution in [0.4, 0.5) is 13.2 Å². The third kappa shape index (κ3) is 4.35. The van der Waals surface area contributed by atoms with E-state index in [1.54, 1.807) is 0 Å². The van der Waals surface area contributed by atoms with E-state index in [2.05, 4.69) is 5.32 Å². The molecule has 0 aliphatic heterocycles. The summed E-state index contributed by atoms with van der Waals surface area (Å²) in [6.07, 6.45) is -3.91. The molecule has 0 aliphatic rings. The summed E-state index contributed by atoms with van der Waals surface area (Å²) >= 11 is 0. The van der Waals surface area contributed by atoms with E-state index in [0.29, 0.717) is 6.42 Å². The average Bonchev–Trinajstić information content (AvgIpc) is 2.47. The molecule has 1 atom stereocenters. The molecule has 0 radical (unpaired) electrons. The molecule has 2 rings (SSSR count). The van der Waals surface area contributed by atoms with E-state index >= 15 is 0 Å². The number of amides is 1. The highest BCUT2D eigenvalue weighted by molar-refractivity contribution is 5.73. The van der Waals surface area contributed by atoms with Crippen LogP contribution in [0.15, 0.2) is 54.6 Å². The Bertz CT molecular complexity index is 621. The van der Waals surface area contributed by atoms with Crippen molar-refractivity contribution in [3.05, 3.63) is 71.3 Å². The summed E-state index contributed by atoms with van der Waals surface area (Å²) in [6.45, 7) is 1.42. The number of hydrogen-bond donors (Lipinski definition) is 1. The molecule has 2 aromatic carbocycles. The molecule has 2 nitrogen and oxygen atoms in total. The maximum absolute atomic E-state index is 12.6. The Hall–Kier alpha value is -2.30. The summed E-state index contributed by atoms with van der Waals surface area (Å²) in [5.74, 6) is -0.180. The first-order valence-electron chi connectivity index (χ1n) is 6.84. The van der Waals surface area contributed by atoms with E-state index in [9.17, 15) is 18.0 Å². The molecule has 1 N–H and O–H groups in total. The van der Waals surface area contributed by atoms with E-state index in [-0.39, 0.29) is 11.9 Å². The first-order valence-corrected chi connectivity index (χ1v) is 6.84. The van der Waals surface area contributed by atoms with Crippen LogP contribution in [0.2, 0.25) is 0 Å². The molecule has 0 spiro atoms. The number of hydrogen-bond acceptors (Lipinski definition) is 1. The maximum Gasteiger partial charge on any atom is 0.416 e. The fourth-order valence-corrected chi connectivity index (χ4v) is 2.25. The second-order valence-corrected chi connectivity index (χ2v) is 5.06. The topological polar surface area (TPSA) is 29.1 Å². The molecule has 0 saturated heterocycles. The number of carbonyl (C=O) groups is 1. The highest BCUT2D eigenvalue weighted by Crippen LogP contribution is 2.29. The van der Waals surface area contributed by atoms with Crippen molar-refractivity contribution in [2.24, 2.45) is 0 Å². The molecule has 0 bridgehead atoms. The fraction of sp³-hybridized carbons (Fsp3) is 0.235. The van der Waals surface area contributed by atoms with Crippen molar-refractivity contribution in [1.82, 2.24) is 5.32 Å². The molecule has 1 unspecified atom stereocenters. The minimum atomic E-state index is -4.34. The van der Waals surface area contributed by atoms with Gasteiger partial charge in [0.2, 0.25) is 5.91 Å². The molecule has 2 aromatic rings. The average molecular weight is 307 g/mol. The van der Waals surface area contributed by atoms with Crippen LogP contribution in [-0.2, 0) is 17.4 Å². The Kier molecular flexibility index (Phi) is 4.85. The third-order valence-electron chi connectivity index (χ3n) is 3.30. The minimum absolute atomic E-state index is 0.180. The van der Waals surface area contributed by atoms with E-state index in [1.807, 2.05) is 30.3 Å². The van der Waals surface area contributed by atoms with E-state index in [4.69, 9.17) is 0 Å². The Labute approximate surface area is 127 Å². The van der Waals surface area contributed by atoms with Crippen LogP contribution in [0.5, 0.6) is 0 Å². The van der Waals surface area contributed by atoms with E-state index in [1.165, 1.54) is 19.1 Å². The zero-order valence-electron chi connectivity index (χ0n) is 12.0. The Morgan fingerprint density at radius 2 is 1.64 bits per heavy atom. The fourth-order valence-electron chi connectivity index (χ4n) is 2.25. The molecule has 0 aromatic heterocycles. The number of alkyl halides is 3. The van der Waals surface area contributed by atoms with Crippen LogP contribution >= 0.6 is 0 Å². The molecular formula is C17H16F3NO. The number of nitrogens with one attached hydrogen (secondary N) is 1. The van der Waals surface area contributed by atoms with Crippen molar-refractivity contribution < 1.29 is 18.0 Å². The van der Waals surface area contributed by atoms with Gasteiger partial charge < -0.3 is 5.32 Å².